The fraction of sp³-hybridized carbons (Fsp3) is 0.350. The summed E-state index contributed by atoms with van der Waals surface area (Å²) in [4.78, 5) is 39.4. The molecule has 0 aliphatic rings. The quantitative estimate of drug-likeness (QED) is 0.583. The van der Waals surface area contributed by atoms with Crippen molar-refractivity contribution in [3.8, 4) is 0 Å². The second-order valence-electron chi connectivity index (χ2n) is 6.21. The Hall–Kier alpha value is -2.89. The van der Waals surface area contributed by atoms with Gasteiger partial charge in [-0.25, -0.2) is 4.79 Å². The van der Waals surface area contributed by atoms with Crippen LogP contribution >= 0.6 is 0 Å². The van der Waals surface area contributed by atoms with Crippen molar-refractivity contribution in [2.45, 2.75) is 40.7 Å². The Labute approximate surface area is 152 Å². The van der Waals surface area contributed by atoms with Gasteiger partial charge < -0.3 is 15.0 Å². The summed E-state index contributed by atoms with van der Waals surface area (Å²) in [6.45, 7) is 8.72. The molecule has 6 heteroatoms. The van der Waals surface area contributed by atoms with Gasteiger partial charge in [-0.05, 0) is 52.3 Å². The third kappa shape index (κ3) is 4.02. The number of aromatic nitrogens is 1. The first-order chi connectivity index (χ1) is 12.3. The van der Waals surface area contributed by atoms with Gasteiger partial charge >= 0.3 is 5.97 Å². The van der Waals surface area contributed by atoms with Gasteiger partial charge in [0.15, 0.2) is 5.78 Å². The second kappa shape index (κ2) is 7.99. The van der Waals surface area contributed by atoms with Crippen LogP contribution in [0.4, 0.5) is 5.69 Å². The average molecular weight is 356 g/mol. The van der Waals surface area contributed by atoms with Gasteiger partial charge in [0.1, 0.15) is 0 Å². The van der Waals surface area contributed by atoms with E-state index in [0.29, 0.717) is 33.8 Å². The Balaban J connectivity index is 2.23. The lowest BCUT2D eigenvalue weighted by molar-refractivity contribution is 0.0525. The van der Waals surface area contributed by atoms with E-state index in [1.54, 1.807) is 52.0 Å². The minimum atomic E-state index is -0.538. The Morgan fingerprint density at radius 3 is 2.54 bits per heavy atom. The first kappa shape index (κ1) is 19.4. The van der Waals surface area contributed by atoms with Crippen molar-refractivity contribution >= 4 is 23.2 Å². The van der Waals surface area contributed by atoms with Gasteiger partial charge in [0.25, 0.3) is 0 Å². The molecule has 0 spiro atoms. The summed E-state index contributed by atoms with van der Waals surface area (Å²) in [5, 5.41) is 3.11. The molecule has 0 aliphatic carbocycles. The lowest BCUT2D eigenvalue weighted by atomic mass is 10.0. The molecule has 0 radical (unpaired) electrons. The molecule has 1 heterocycles. The van der Waals surface area contributed by atoms with E-state index >= 15 is 0 Å². The number of ketones is 2. The number of esters is 1. The zero-order valence-corrected chi connectivity index (χ0v) is 15.7. The lowest BCUT2D eigenvalue weighted by Gasteiger charge is -2.14. The van der Waals surface area contributed by atoms with Crippen molar-refractivity contribution in [2.24, 2.45) is 0 Å². The number of carbonyl (C=O) groups is 3. The minimum absolute atomic E-state index is 0.0393. The standard InChI is InChI=1S/C20H24N2O4/c1-6-26-20(25)17-11(2)18(22-12(17)3)19(24)13(4)21-16-9-7-8-15(10-16)14(5)23/h7-10,13,21-22H,6H2,1-5H3/t13-/m1/s1. The summed E-state index contributed by atoms with van der Waals surface area (Å²) in [5.74, 6) is -0.649. The number of hydrogen-bond donors (Lipinski definition) is 2. The molecule has 138 valence electrons. The maximum Gasteiger partial charge on any atom is 0.340 e. The second-order valence-corrected chi connectivity index (χ2v) is 6.21. The number of aryl methyl sites for hydroxylation is 1. The topological polar surface area (TPSA) is 88.3 Å². The smallest absolute Gasteiger partial charge is 0.340 e. The van der Waals surface area contributed by atoms with Crippen molar-refractivity contribution in [1.82, 2.24) is 4.98 Å². The Morgan fingerprint density at radius 1 is 1.23 bits per heavy atom. The van der Waals surface area contributed by atoms with E-state index in [1.807, 2.05) is 0 Å². The number of carbonyl (C=O) groups excluding carboxylic acids is 3. The van der Waals surface area contributed by atoms with Crippen molar-refractivity contribution in [2.75, 3.05) is 11.9 Å². The number of hydrogen-bond acceptors (Lipinski definition) is 5. The van der Waals surface area contributed by atoms with Crippen LogP contribution < -0.4 is 5.32 Å². The molecule has 2 N–H and O–H groups in total. The highest BCUT2D eigenvalue weighted by atomic mass is 16.5. The fourth-order valence-electron chi connectivity index (χ4n) is 2.87. The molecule has 0 unspecified atom stereocenters. The molecular formula is C20H24N2O4. The molecule has 2 aromatic rings. The molecule has 0 bridgehead atoms. The van der Waals surface area contributed by atoms with E-state index in [2.05, 4.69) is 10.3 Å². The van der Waals surface area contributed by atoms with Crippen LogP contribution in [0.25, 0.3) is 0 Å². The first-order valence-corrected chi connectivity index (χ1v) is 8.54. The molecule has 0 saturated heterocycles. The molecule has 0 amide bonds. The van der Waals surface area contributed by atoms with E-state index in [4.69, 9.17) is 4.74 Å². The Morgan fingerprint density at radius 2 is 1.92 bits per heavy atom. The molecule has 6 nitrogen and oxygen atoms in total. The zero-order valence-electron chi connectivity index (χ0n) is 15.7. The van der Waals surface area contributed by atoms with Gasteiger partial charge in [0.05, 0.1) is 23.9 Å². The number of H-pyrrole nitrogens is 1. The lowest BCUT2D eigenvalue weighted by Crippen LogP contribution is -2.27. The highest BCUT2D eigenvalue weighted by molar-refractivity contribution is 6.05. The molecule has 0 saturated carbocycles. The summed E-state index contributed by atoms with van der Waals surface area (Å²) in [7, 11) is 0. The van der Waals surface area contributed by atoms with Crippen LogP contribution in [-0.4, -0.2) is 35.2 Å². The van der Waals surface area contributed by atoms with E-state index in [9.17, 15) is 14.4 Å². The van der Waals surface area contributed by atoms with Gasteiger partial charge in [-0.2, -0.15) is 0 Å². The van der Waals surface area contributed by atoms with Crippen LogP contribution in [0.5, 0.6) is 0 Å². The van der Waals surface area contributed by atoms with Crippen LogP contribution in [-0.2, 0) is 4.74 Å². The molecule has 1 aromatic heterocycles. The Bertz CT molecular complexity index is 851. The predicted molar refractivity (Wildman–Crippen MR) is 100 cm³/mol. The third-order valence-corrected chi connectivity index (χ3v) is 4.21. The summed E-state index contributed by atoms with van der Waals surface area (Å²) in [6.07, 6.45) is 0. The number of nitrogens with one attached hydrogen (secondary N) is 2. The number of aromatic amines is 1. The van der Waals surface area contributed by atoms with E-state index in [1.165, 1.54) is 6.92 Å². The molecule has 1 atom stereocenters. The van der Waals surface area contributed by atoms with Crippen molar-refractivity contribution in [3.63, 3.8) is 0 Å². The maximum atomic E-state index is 12.8. The Kier molecular flexibility index (Phi) is 5.97. The van der Waals surface area contributed by atoms with Crippen molar-refractivity contribution < 1.29 is 19.1 Å². The summed E-state index contributed by atoms with van der Waals surface area (Å²) >= 11 is 0. The zero-order chi connectivity index (χ0) is 19.4. The van der Waals surface area contributed by atoms with E-state index < -0.39 is 12.0 Å². The molecule has 0 fully saturated rings. The number of ether oxygens (including phenoxy) is 1. The van der Waals surface area contributed by atoms with Gasteiger partial charge in [-0.15, -0.1) is 0 Å². The minimum Gasteiger partial charge on any atom is -0.462 e. The van der Waals surface area contributed by atoms with Crippen LogP contribution in [0.3, 0.4) is 0 Å². The van der Waals surface area contributed by atoms with Gasteiger partial charge in [-0.3, -0.25) is 9.59 Å². The number of Topliss-reactive ketones (excluding diaryl/α,β-unsaturated/α-hetero) is 2. The maximum absolute atomic E-state index is 12.8. The summed E-state index contributed by atoms with van der Waals surface area (Å²) in [6, 6.07) is 6.46. The molecular weight excluding hydrogens is 332 g/mol. The molecule has 1 aromatic carbocycles. The van der Waals surface area contributed by atoms with Crippen molar-refractivity contribution in [3.05, 3.63) is 52.3 Å². The number of anilines is 1. The van der Waals surface area contributed by atoms with Crippen molar-refractivity contribution in [1.29, 1.82) is 0 Å². The van der Waals surface area contributed by atoms with Crippen LogP contribution in [0.2, 0.25) is 0 Å². The highest BCUT2D eigenvalue weighted by Gasteiger charge is 2.25. The van der Waals surface area contributed by atoms with Crippen LogP contribution in [0, 0.1) is 13.8 Å². The number of rotatable bonds is 7. The van der Waals surface area contributed by atoms with Crippen LogP contribution in [0.1, 0.15) is 63.2 Å². The average Bonchev–Trinajstić information content (AvgIpc) is 2.89. The number of benzene rings is 1. The monoisotopic (exact) mass is 356 g/mol. The first-order valence-electron chi connectivity index (χ1n) is 8.54. The van der Waals surface area contributed by atoms with E-state index in [-0.39, 0.29) is 18.2 Å². The predicted octanol–water partition coefficient (Wildman–Crippen LogP) is 3.69. The molecule has 0 aliphatic heterocycles. The molecule has 26 heavy (non-hydrogen) atoms. The van der Waals surface area contributed by atoms with Gasteiger partial charge in [0, 0.05) is 16.9 Å². The summed E-state index contributed by atoms with van der Waals surface area (Å²) < 4.78 is 5.06. The fourth-order valence-corrected chi connectivity index (χ4v) is 2.87. The van der Waals surface area contributed by atoms with Gasteiger partial charge in [-0.1, -0.05) is 12.1 Å². The molecule has 2 rings (SSSR count). The van der Waals surface area contributed by atoms with Gasteiger partial charge in [0.2, 0.25) is 5.78 Å². The van der Waals surface area contributed by atoms with Crippen LogP contribution in [0.15, 0.2) is 24.3 Å². The highest BCUT2D eigenvalue weighted by Crippen LogP contribution is 2.21. The van der Waals surface area contributed by atoms with E-state index in [0.717, 1.165) is 0 Å². The largest absolute Gasteiger partial charge is 0.462 e. The SMILES string of the molecule is CCOC(=O)c1c(C)[nH]c(C(=O)[C@@H](C)Nc2cccc(C(C)=O)c2)c1C. The third-order valence-electron chi connectivity index (χ3n) is 4.21. The summed E-state index contributed by atoms with van der Waals surface area (Å²) in [5.41, 5.74) is 3.23. The normalized spacial score (nSPS) is 11.7.